The fourth-order valence-electron chi connectivity index (χ4n) is 1.35. The van der Waals surface area contributed by atoms with Gasteiger partial charge in [-0.05, 0) is 13.8 Å². The Bertz CT molecular complexity index is 336. The van der Waals surface area contributed by atoms with Gasteiger partial charge in [0.05, 0.1) is 6.04 Å². The maximum Gasteiger partial charge on any atom is 0.236 e. The van der Waals surface area contributed by atoms with Crippen molar-refractivity contribution < 1.29 is 4.79 Å². The first-order chi connectivity index (χ1) is 7.65. The van der Waals surface area contributed by atoms with E-state index in [-0.39, 0.29) is 11.9 Å². The normalized spacial score (nSPS) is 12.4. The van der Waals surface area contributed by atoms with E-state index in [1.165, 1.54) is 0 Å². The lowest BCUT2D eigenvalue weighted by atomic mass is 10.3. The first-order valence-corrected chi connectivity index (χ1v) is 5.49. The fourth-order valence-corrected chi connectivity index (χ4v) is 1.35. The van der Waals surface area contributed by atoms with E-state index >= 15 is 0 Å². The molecular weight excluding hydrogens is 206 g/mol. The number of aryl methyl sites for hydroxylation is 1. The van der Waals surface area contributed by atoms with Gasteiger partial charge in [0, 0.05) is 26.6 Å². The number of hydrogen-bond donors (Lipinski definition) is 2. The second-order valence-electron chi connectivity index (χ2n) is 3.68. The van der Waals surface area contributed by atoms with Crippen molar-refractivity contribution in [3.63, 3.8) is 0 Å². The Kier molecular flexibility index (Phi) is 4.91. The third-order valence-corrected chi connectivity index (χ3v) is 2.35. The summed E-state index contributed by atoms with van der Waals surface area (Å²) in [7, 11) is 1.91. The highest BCUT2D eigenvalue weighted by atomic mass is 16.2. The van der Waals surface area contributed by atoms with Crippen molar-refractivity contribution in [2.45, 2.75) is 26.3 Å². The highest BCUT2D eigenvalue weighted by Crippen LogP contribution is 1.92. The number of likely N-dealkylation sites (N-methyl/N-ethyl adjacent to an activating group) is 1. The summed E-state index contributed by atoms with van der Waals surface area (Å²) in [5, 5.41) is 13.7. The molecule has 0 aromatic carbocycles. The molecule has 0 bridgehead atoms. The minimum Gasteiger partial charge on any atom is -0.355 e. The van der Waals surface area contributed by atoms with Crippen LogP contribution in [0, 0.1) is 0 Å². The zero-order valence-corrected chi connectivity index (χ0v) is 10.0. The lowest BCUT2D eigenvalue weighted by molar-refractivity contribution is -0.122. The van der Waals surface area contributed by atoms with E-state index in [1.807, 2.05) is 25.5 Å². The van der Waals surface area contributed by atoms with Crippen LogP contribution in [0.5, 0.6) is 0 Å². The molecule has 6 nitrogen and oxygen atoms in total. The van der Waals surface area contributed by atoms with Crippen molar-refractivity contribution in [3.05, 3.63) is 12.2 Å². The Morgan fingerprint density at radius 3 is 2.94 bits per heavy atom. The van der Waals surface area contributed by atoms with E-state index in [0.717, 1.165) is 12.2 Å². The summed E-state index contributed by atoms with van der Waals surface area (Å²) in [4.78, 5) is 11.4. The molecule has 0 saturated carbocycles. The lowest BCUT2D eigenvalue weighted by Gasteiger charge is -2.12. The molecule has 6 heteroatoms. The number of aromatic nitrogens is 3. The Balaban J connectivity index is 2.25. The molecule has 0 radical (unpaired) electrons. The third-order valence-electron chi connectivity index (χ3n) is 2.35. The van der Waals surface area contributed by atoms with Crippen molar-refractivity contribution >= 4 is 5.91 Å². The van der Waals surface area contributed by atoms with Gasteiger partial charge in [-0.15, -0.1) is 10.2 Å². The highest BCUT2D eigenvalue weighted by molar-refractivity contribution is 5.81. The summed E-state index contributed by atoms with van der Waals surface area (Å²) in [6.45, 7) is 5.13. The first-order valence-electron chi connectivity index (χ1n) is 5.49. The van der Waals surface area contributed by atoms with Crippen LogP contribution in [-0.4, -0.2) is 39.8 Å². The minimum absolute atomic E-state index is 0.0282. The smallest absolute Gasteiger partial charge is 0.236 e. The summed E-state index contributed by atoms with van der Waals surface area (Å²) < 4.78 is 1.87. The van der Waals surface area contributed by atoms with Gasteiger partial charge in [0.2, 0.25) is 5.91 Å². The van der Waals surface area contributed by atoms with Crippen LogP contribution >= 0.6 is 0 Å². The Hall–Kier alpha value is -1.43. The predicted octanol–water partition coefficient (Wildman–Crippen LogP) is -0.528. The molecule has 1 atom stereocenters. The van der Waals surface area contributed by atoms with Crippen LogP contribution in [-0.2, 0) is 18.3 Å². The van der Waals surface area contributed by atoms with Gasteiger partial charge in [-0.1, -0.05) is 0 Å². The second-order valence-corrected chi connectivity index (χ2v) is 3.68. The van der Waals surface area contributed by atoms with Crippen molar-refractivity contribution in [2.75, 3.05) is 13.1 Å². The molecule has 0 aliphatic rings. The zero-order chi connectivity index (χ0) is 12.0. The monoisotopic (exact) mass is 225 g/mol. The van der Waals surface area contributed by atoms with Crippen LogP contribution in [0.25, 0.3) is 0 Å². The van der Waals surface area contributed by atoms with Crippen LogP contribution in [0.4, 0.5) is 0 Å². The predicted molar refractivity (Wildman–Crippen MR) is 60.9 cm³/mol. The van der Waals surface area contributed by atoms with Crippen molar-refractivity contribution in [1.29, 1.82) is 0 Å². The number of carbonyl (C=O) groups excluding carboxylic acids is 1. The molecule has 90 valence electrons. The number of carbonyl (C=O) groups is 1. The van der Waals surface area contributed by atoms with Crippen LogP contribution < -0.4 is 10.6 Å². The van der Waals surface area contributed by atoms with Gasteiger partial charge in [-0.2, -0.15) is 0 Å². The standard InChI is InChI=1S/C10H19N5O/c1-4-11-10(16)8(2)12-6-5-9-14-13-7-15(9)3/h7-8,12H,4-6H2,1-3H3,(H,11,16). The number of nitrogens with zero attached hydrogens (tertiary/aromatic N) is 3. The molecule has 1 heterocycles. The van der Waals surface area contributed by atoms with E-state index in [1.54, 1.807) is 6.33 Å². The average molecular weight is 225 g/mol. The molecule has 1 amide bonds. The van der Waals surface area contributed by atoms with E-state index in [9.17, 15) is 4.79 Å². The van der Waals surface area contributed by atoms with Crippen LogP contribution in [0.15, 0.2) is 6.33 Å². The summed E-state index contributed by atoms with van der Waals surface area (Å²) in [5.41, 5.74) is 0. The number of amides is 1. The van der Waals surface area contributed by atoms with Crippen LogP contribution in [0.3, 0.4) is 0 Å². The maximum absolute atomic E-state index is 11.4. The van der Waals surface area contributed by atoms with Gasteiger partial charge in [0.15, 0.2) is 0 Å². The minimum atomic E-state index is -0.173. The molecule has 1 rings (SSSR count). The van der Waals surface area contributed by atoms with Crippen LogP contribution in [0.2, 0.25) is 0 Å². The number of hydrogen-bond acceptors (Lipinski definition) is 4. The van der Waals surface area contributed by atoms with Crippen LogP contribution in [0.1, 0.15) is 19.7 Å². The largest absolute Gasteiger partial charge is 0.355 e. The van der Waals surface area contributed by atoms with Crippen molar-refractivity contribution in [1.82, 2.24) is 25.4 Å². The molecule has 0 saturated heterocycles. The van der Waals surface area contributed by atoms with Gasteiger partial charge < -0.3 is 15.2 Å². The molecule has 0 fully saturated rings. The molecular formula is C10H19N5O. The SMILES string of the molecule is CCNC(=O)C(C)NCCc1nncn1C. The van der Waals surface area contributed by atoms with Gasteiger partial charge in [-0.25, -0.2) is 0 Å². The summed E-state index contributed by atoms with van der Waals surface area (Å²) in [6, 6.07) is -0.173. The summed E-state index contributed by atoms with van der Waals surface area (Å²) in [5.74, 6) is 0.941. The molecule has 1 unspecified atom stereocenters. The summed E-state index contributed by atoms with van der Waals surface area (Å²) >= 11 is 0. The van der Waals surface area contributed by atoms with Gasteiger partial charge in [0.1, 0.15) is 12.2 Å². The first kappa shape index (κ1) is 12.6. The fraction of sp³-hybridized carbons (Fsp3) is 0.700. The number of rotatable bonds is 6. The van der Waals surface area contributed by atoms with Crippen molar-refractivity contribution in [2.24, 2.45) is 7.05 Å². The maximum atomic E-state index is 11.4. The molecule has 0 spiro atoms. The number of nitrogens with one attached hydrogen (secondary N) is 2. The molecule has 1 aromatic heterocycles. The van der Waals surface area contributed by atoms with Gasteiger partial charge >= 0.3 is 0 Å². The molecule has 1 aromatic rings. The Labute approximate surface area is 95.4 Å². The van der Waals surface area contributed by atoms with E-state index in [4.69, 9.17) is 0 Å². The van der Waals surface area contributed by atoms with E-state index < -0.39 is 0 Å². The lowest BCUT2D eigenvalue weighted by Crippen LogP contribution is -2.42. The Morgan fingerprint density at radius 1 is 1.62 bits per heavy atom. The highest BCUT2D eigenvalue weighted by Gasteiger charge is 2.10. The Morgan fingerprint density at radius 2 is 2.38 bits per heavy atom. The van der Waals surface area contributed by atoms with Gasteiger partial charge in [-0.3, -0.25) is 4.79 Å². The zero-order valence-electron chi connectivity index (χ0n) is 10.0. The van der Waals surface area contributed by atoms with Gasteiger partial charge in [0.25, 0.3) is 0 Å². The second kappa shape index (κ2) is 6.22. The molecule has 0 aliphatic heterocycles. The molecule has 16 heavy (non-hydrogen) atoms. The molecule has 0 aliphatic carbocycles. The molecule has 2 N–H and O–H groups in total. The van der Waals surface area contributed by atoms with E-state index in [2.05, 4.69) is 20.8 Å². The topological polar surface area (TPSA) is 71.8 Å². The van der Waals surface area contributed by atoms with Crippen molar-refractivity contribution in [3.8, 4) is 0 Å². The van der Waals surface area contributed by atoms with E-state index in [0.29, 0.717) is 13.1 Å². The third kappa shape index (κ3) is 3.62. The summed E-state index contributed by atoms with van der Waals surface area (Å²) in [6.07, 6.45) is 2.43. The quantitative estimate of drug-likeness (QED) is 0.683. The average Bonchev–Trinajstić information content (AvgIpc) is 2.65.